The number of nitrogens with two attached hydrogens (primary N) is 2. The summed E-state index contributed by atoms with van der Waals surface area (Å²) in [6, 6.07) is 16.8. The number of pyridine rings is 1. The van der Waals surface area contributed by atoms with Crippen LogP contribution < -0.4 is 26.8 Å². The lowest BCUT2D eigenvalue weighted by molar-refractivity contribution is -0.192. The smallest absolute Gasteiger partial charge is 0.490 e. The molecule has 17 heteroatoms. The van der Waals surface area contributed by atoms with Crippen LogP contribution in [-0.2, 0) is 17.9 Å². The van der Waals surface area contributed by atoms with Gasteiger partial charge in [0.2, 0.25) is 0 Å². The summed E-state index contributed by atoms with van der Waals surface area (Å²) in [7, 11) is 0. The highest BCUT2D eigenvalue weighted by Crippen LogP contribution is 2.37. The normalized spacial score (nSPS) is 11.1. The van der Waals surface area contributed by atoms with Crippen molar-refractivity contribution in [3.8, 4) is 28.5 Å². The van der Waals surface area contributed by atoms with Gasteiger partial charge < -0.3 is 36.5 Å². The van der Waals surface area contributed by atoms with E-state index in [1.807, 2.05) is 66.1 Å². The number of amides is 2. The van der Waals surface area contributed by atoms with Crippen molar-refractivity contribution in [2.24, 2.45) is 5.73 Å². The second kappa shape index (κ2) is 14.8. The topological polar surface area (TPSA) is 209 Å². The van der Waals surface area contributed by atoms with E-state index in [2.05, 4.69) is 20.9 Å². The average molecular weight is 642 g/mol. The number of fused-ring (bicyclic) bond motifs is 1. The molecule has 0 aliphatic heterocycles. The number of halogens is 3. The molecule has 3 heterocycles. The van der Waals surface area contributed by atoms with Crippen molar-refractivity contribution in [2.75, 3.05) is 24.2 Å². The van der Waals surface area contributed by atoms with Crippen LogP contribution in [0, 0.1) is 0 Å². The second-order valence-electron chi connectivity index (χ2n) is 9.51. The number of imidazole rings is 1. The van der Waals surface area contributed by atoms with E-state index in [-0.39, 0.29) is 11.8 Å². The molecular weight excluding hydrogens is 611 g/mol. The first kappa shape index (κ1) is 33.2. The third kappa shape index (κ3) is 8.06. The number of aromatic nitrogens is 5. The van der Waals surface area contributed by atoms with Gasteiger partial charge in [0.05, 0.1) is 18.5 Å². The van der Waals surface area contributed by atoms with Gasteiger partial charge in [0.1, 0.15) is 11.0 Å². The van der Waals surface area contributed by atoms with Crippen molar-refractivity contribution in [1.82, 2.24) is 30.2 Å². The van der Waals surface area contributed by atoms with Crippen molar-refractivity contribution in [3.63, 3.8) is 0 Å². The van der Waals surface area contributed by atoms with E-state index in [1.165, 1.54) is 0 Å². The van der Waals surface area contributed by atoms with E-state index in [0.29, 0.717) is 66.8 Å². The largest absolute Gasteiger partial charge is 0.490 e. The number of aryl methyl sites for hydroxylation is 1. The van der Waals surface area contributed by atoms with Crippen LogP contribution in [0.15, 0.2) is 65.4 Å². The number of ether oxygens (including phenoxy) is 1. The maximum Gasteiger partial charge on any atom is 0.490 e. The predicted octanol–water partition coefficient (Wildman–Crippen LogP) is 4.43. The van der Waals surface area contributed by atoms with Crippen LogP contribution in [0.4, 0.5) is 29.5 Å². The van der Waals surface area contributed by atoms with Gasteiger partial charge in [-0.25, -0.2) is 24.2 Å². The number of anilines is 2. The molecule has 46 heavy (non-hydrogen) atoms. The minimum atomic E-state index is -5.08. The maximum absolute atomic E-state index is 12.6. The summed E-state index contributed by atoms with van der Waals surface area (Å²) in [5.41, 5.74) is 16.3. The van der Waals surface area contributed by atoms with Gasteiger partial charge in [-0.3, -0.25) is 0 Å². The highest BCUT2D eigenvalue weighted by Gasteiger charge is 2.38. The van der Waals surface area contributed by atoms with Crippen LogP contribution in [0.25, 0.3) is 33.8 Å². The Morgan fingerprint density at radius 1 is 1.09 bits per heavy atom. The highest BCUT2D eigenvalue weighted by molar-refractivity contribution is 5.97. The maximum atomic E-state index is 12.6. The molecule has 0 radical (unpaired) electrons. The summed E-state index contributed by atoms with van der Waals surface area (Å²) in [4.78, 5) is 31.0. The molecule has 0 saturated carbocycles. The molecule has 0 saturated heterocycles. The molecule has 0 unspecified atom stereocenters. The molecule has 14 nitrogen and oxygen atoms in total. The molecule has 0 aliphatic rings. The number of carboxylic acid groups (broad SMARTS) is 1. The molecule has 2 amide bonds. The molecule has 0 fully saturated rings. The van der Waals surface area contributed by atoms with Gasteiger partial charge in [-0.05, 0) is 47.9 Å². The number of carboxylic acids is 1. The summed E-state index contributed by atoms with van der Waals surface area (Å²) in [5.74, 6) is -1.58. The zero-order valence-corrected chi connectivity index (χ0v) is 24.4. The number of alkyl halides is 3. The first-order valence-corrected chi connectivity index (χ1v) is 13.8. The van der Waals surface area contributed by atoms with Crippen LogP contribution in [0.3, 0.4) is 0 Å². The highest BCUT2D eigenvalue weighted by atomic mass is 19.4. The van der Waals surface area contributed by atoms with Gasteiger partial charge in [-0.15, -0.1) is 0 Å². The predicted molar refractivity (Wildman–Crippen MR) is 161 cm³/mol. The number of nitrogens with one attached hydrogen (secondary N) is 2. The number of hydrogen-bond acceptors (Lipinski definition) is 10. The lowest BCUT2D eigenvalue weighted by Gasteiger charge is -2.12. The zero-order valence-electron chi connectivity index (χ0n) is 24.4. The minimum absolute atomic E-state index is 0.132. The third-order valence-corrected chi connectivity index (χ3v) is 6.32. The van der Waals surface area contributed by atoms with Gasteiger partial charge in [0, 0.05) is 24.3 Å². The Morgan fingerprint density at radius 3 is 2.46 bits per heavy atom. The molecule has 0 aliphatic carbocycles. The number of rotatable bonds is 10. The van der Waals surface area contributed by atoms with Gasteiger partial charge in [0.25, 0.3) is 0 Å². The van der Waals surface area contributed by atoms with Crippen LogP contribution in [0.1, 0.15) is 18.9 Å². The van der Waals surface area contributed by atoms with E-state index in [4.69, 9.17) is 40.7 Å². The Morgan fingerprint density at radius 2 is 1.83 bits per heavy atom. The molecule has 0 atom stereocenters. The fourth-order valence-electron chi connectivity index (χ4n) is 4.23. The van der Waals surface area contributed by atoms with Gasteiger partial charge in [-0.2, -0.15) is 13.2 Å². The SMILES string of the molecule is CCn1c(-c2nonc2N)nc2c(-c3cccc(NC(=O)NCc4ccccc4)c3)ncc(OCCCN)c21.O=C(O)C(F)(F)F. The van der Waals surface area contributed by atoms with Crippen LogP contribution in [0.2, 0.25) is 0 Å². The Hall–Kier alpha value is -5.71. The molecule has 242 valence electrons. The monoisotopic (exact) mass is 641 g/mol. The van der Waals surface area contributed by atoms with Gasteiger partial charge in [0.15, 0.2) is 23.1 Å². The van der Waals surface area contributed by atoms with Crippen molar-refractivity contribution in [3.05, 3.63) is 66.4 Å². The number of hydrogen-bond donors (Lipinski definition) is 5. The number of nitrogen functional groups attached to an aromatic ring is 1. The standard InChI is InChI=1S/C27H29N9O3.C2HF3O2/c1-2-36-24-20(38-13-7-12-28)16-30-21(22(24)33-26(36)23-25(29)35-39-34-23)18-10-6-11-19(14-18)32-27(37)31-15-17-8-4-3-5-9-17;3-2(4,5)1(6)7/h3-6,8-11,14,16H,2,7,12-13,15,28H2,1H3,(H2,29,35)(H2,31,32,37);(H,6,7). The molecule has 2 aromatic carbocycles. The molecule has 0 bridgehead atoms. The number of benzene rings is 2. The third-order valence-electron chi connectivity index (χ3n) is 6.32. The van der Waals surface area contributed by atoms with E-state index in [1.54, 1.807) is 6.20 Å². The number of nitrogens with zero attached hydrogens (tertiary/aromatic N) is 5. The van der Waals surface area contributed by atoms with Crippen molar-refractivity contribution in [1.29, 1.82) is 0 Å². The Balaban J connectivity index is 0.000000617. The summed E-state index contributed by atoms with van der Waals surface area (Å²) in [5, 5.41) is 20.5. The lowest BCUT2D eigenvalue weighted by atomic mass is 10.1. The molecule has 5 rings (SSSR count). The van der Waals surface area contributed by atoms with Crippen molar-refractivity contribution < 1.29 is 37.2 Å². The molecule has 3 aromatic heterocycles. The number of aliphatic carboxylic acids is 1. The van der Waals surface area contributed by atoms with E-state index in [9.17, 15) is 18.0 Å². The lowest BCUT2D eigenvalue weighted by Crippen LogP contribution is -2.28. The number of carbonyl (C=O) groups is 2. The Labute approximate surface area is 259 Å². The van der Waals surface area contributed by atoms with Gasteiger partial charge in [-0.1, -0.05) is 42.5 Å². The van der Waals surface area contributed by atoms with Crippen molar-refractivity contribution in [2.45, 2.75) is 32.6 Å². The molecule has 7 N–H and O–H groups in total. The minimum Gasteiger partial charge on any atom is -0.490 e. The summed E-state index contributed by atoms with van der Waals surface area (Å²) < 4.78 is 44.5. The molecule has 5 aromatic rings. The van der Waals surface area contributed by atoms with E-state index >= 15 is 0 Å². The number of urea groups is 1. The van der Waals surface area contributed by atoms with Crippen LogP contribution >= 0.6 is 0 Å². The Kier molecular flexibility index (Phi) is 10.7. The second-order valence-corrected chi connectivity index (χ2v) is 9.51. The first-order valence-electron chi connectivity index (χ1n) is 13.8. The summed E-state index contributed by atoms with van der Waals surface area (Å²) in [6.07, 6.45) is -2.72. The van der Waals surface area contributed by atoms with Crippen LogP contribution in [0.5, 0.6) is 5.75 Å². The molecular formula is C29H30F3N9O5. The van der Waals surface area contributed by atoms with Gasteiger partial charge >= 0.3 is 18.2 Å². The van der Waals surface area contributed by atoms with Crippen molar-refractivity contribution >= 4 is 34.5 Å². The van der Waals surface area contributed by atoms with E-state index < -0.39 is 12.1 Å². The fourth-order valence-corrected chi connectivity index (χ4v) is 4.23. The molecule has 0 spiro atoms. The summed E-state index contributed by atoms with van der Waals surface area (Å²) >= 11 is 0. The van der Waals surface area contributed by atoms with Crippen LogP contribution in [-0.4, -0.2) is 61.3 Å². The first-order chi connectivity index (χ1) is 22.0. The Bertz CT molecular complexity index is 1790. The fraction of sp³-hybridized carbons (Fsp3) is 0.241. The van der Waals surface area contributed by atoms with E-state index in [0.717, 1.165) is 16.6 Å². The number of carbonyl (C=O) groups excluding carboxylic acids is 1. The summed E-state index contributed by atoms with van der Waals surface area (Å²) in [6.45, 7) is 3.89. The zero-order chi connectivity index (χ0) is 33.3. The quantitative estimate of drug-likeness (QED) is 0.135. The average Bonchev–Trinajstić information content (AvgIpc) is 3.64.